The molecule has 0 amide bonds. The minimum absolute atomic E-state index is 0.361. The van der Waals surface area contributed by atoms with Crippen molar-refractivity contribution in [3.63, 3.8) is 0 Å². The predicted molar refractivity (Wildman–Crippen MR) is 72.3 cm³/mol. The van der Waals surface area contributed by atoms with Gasteiger partial charge in [0.15, 0.2) is 0 Å². The maximum atomic E-state index is 4.58. The molecule has 2 atom stereocenters. The van der Waals surface area contributed by atoms with Crippen molar-refractivity contribution in [2.75, 3.05) is 25.0 Å². The lowest BCUT2D eigenvalue weighted by molar-refractivity contribution is 0.568. The van der Waals surface area contributed by atoms with Gasteiger partial charge in [0.2, 0.25) is 0 Å². The van der Waals surface area contributed by atoms with Gasteiger partial charge in [-0.1, -0.05) is 19.4 Å². The van der Waals surface area contributed by atoms with Crippen LogP contribution in [0.1, 0.15) is 38.3 Å². The number of nitrogens with one attached hydrogen (secondary N) is 1. The van der Waals surface area contributed by atoms with Crippen LogP contribution in [0.2, 0.25) is 0 Å². The molecule has 2 unspecified atom stereocenters. The lowest BCUT2D eigenvalue weighted by atomic mass is 10.1. The summed E-state index contributed by atoms with van der Waals surface area (Å²) in [5, 5.41) is 3.30. The van der Waals surface area contributed by atoms with Gasteiger partial charge in [0.25, 0.3) is 0 Å². The molecule has 1 fully saturated rings. The van der Waals surface area contributed by atoms with Crippen LogP contribution in [0.4, 0.5) is 5.82 Å². The van der Waals surface area contributed by atoms with E-state index < -0.39 is 0 Å². The molecule has 0 radical (unpaired) electrons. The molecule has 17 heavy (non-hydrogen) atoms. The third kappa shape index (κ3) is 2.60. The van der Waals surface area contributed by atoms with Gasteiger partial charge in [0.1, 0.15) is 5.82 Å². The molecule has 1 aromatic heterocycles. The van der Waals surface area contributed by atoms with E-state index in [4.69, 9.17) is 0 Å². The lowest BCUT2D eigenvalue weighted by Gasteiger charge is -2.23. The predicted octanol–water partition coefficient (Wildman–Crippen LogP) is 2.60. The summed E-state index contributed by atoms with van der Waals surface area (Å²) in [7, 11) is 2.00. The Labute approximate surface area is 104 Å². The fraction of sp³-hybridized carbons (Fsp3) is 0.643. The summed E-state index contributed by atoms with van der Waals surface area (Å²) in [6.07, 6.45) is 4.49. The molecule has 2 heterocycles. The lowest BCUT2D eigenvalue weighted by Crippen LogP contribution is -2.24. The van der Waals surface area contributed by atoms with Gasteiger partial charge >= 0.3 is 0 Å². The second kappa shape index (κ2) is 5.50. The van der Waals surface area contributed by atoms with Crippen molar-refractivity contribution in [3.05, 3.63) is 23.9 Å². The molecule has 1 aliphatic rings. The topological polar surface area (TPSA) is 28.2 Å². The Kier molecular flexibility index (Phi) is 4.00. The number of nitrogens with zero attached hydrogens (tertiary/aromatic N) is 2. The smallest absolute Gasteiger partial charge is 0.133 e. The quantitative estimate of drug-likeness (QED) is 0.866. The number of aromatic nitrogens is 1. The van der Waals surface area contributed by atoms with E-state index in [-0.39, 0.29) is 0 Å². The second-order valence-electron chi connectivity index (χ2n) is 4.94. The van der Waals surface area contributed by atoms with Crippen molar-refractivity contribution < 1.29 is 0 Å². The molecule has 3 heteroatoms. The number of hydrogen-bond acceptors (Lipinski definition) is 3. The Balaban J connectivity index is 2.20. The molecule has 94 valence electrons. The highest BCUT2D eigenvalue weighted by Gasteiger charge is 2.24. The van der Waals surface area contributed by atoms with E-state index in [9.17, 15) is 0 Å². The second-order valence-corrected chi connectivity index (χ2v) is 4.94. The van der Waals surface area contributed by atoms with Crippen LogP contribution in [0.5, 0.6) is 0 Å². The summed E-state index contributed by atoms with van der Waals surface area (Å²) in [5.41, 5.74) is 1.31. The molecule has 1 aromatic rings. The Hall–Kier alpha value is -1.09. The van der Waals surface area contributed by atoms with Crippen LogP contribution in [-0.4, -0.2) is 25.1 Å². The highest BCUT2D eigenvalue weighted by Crippen LogP contribution is 2.29. The first kappa shape index (κ1) is 12.4. The standard InChI is InChI=1S/C14H23N3/c1-4-12-7-9-17(10-12)14-13(11(2)15-3)6-5-8-16-14/h5-6,8,11-12,15H,4,7,9-10H2,1-3H3. The first-order valence-corrected chi connectivity index (χ1v) is 6.63. The van der Waals surface area contributed by atoms with E-state index in [0.717, 1.165) is 19.0 Å². The molecule has 0 spiro atoms. The summed E-state index contributed by atoms with van der Waals surface area (Å²) in [6.45, 7) is 6.79. The summed E-state index contributed by atoms with van der Waals surface area (Å²) < 4.78 is 0. The number of anilines is 1. The van der Waals surface area contributed by atoms with Gasteiger partial charge < -0.3 is 10.2 Å². The molecule has 2 rings (SSSR count). The molecule has 1 saturated heterocycles. The normalized spacial score (nSPS) is 21.8. The third-order valence-electron chi connectivity index (χ3n) is 3.88. The van der Waals surface area contributed by atoms with Gasteiger partial charge in [0, 0.05) is 30.9 Å². The Bertz CT molecular complexity index is 364. The molecule has 1 N–H and O–H groups in total. The van der Waals surface area contributed by atoms with E-state index in [1.165, 1.54) is 24.2 Å². The zero-order chi connectivity index (χ0) is 12.3. The summed E-state index contributed by atoms with van der Waals surface area (Å²) in [6, 6.07) is 4.57. The van der Waals surface area contributed by atoms with Crippen LogP contribution in [0.15, 0.2) is 18.3 Å². The van der Waals surface area contributed by atoms with Gasteiger partial charge in [-0.25, -0.2) is 4.98 Å². The molecular weight excluding hydrogens is 210 g/mol. The number of rotatable bonds is 4. The van der Waals surface area contributed by atoms with E-state index in [0.29, 0.717) is 6.04 Å². The molecule has 0 saturated carbocycles. The monoisotopic (exact) mass is 233 g/mol. The maximum Gasteiger partial charge on any atom is 0.133 e. The third-order valence-corrected chi connectivity index (χ3v) is 3.88. The van der Waals surface area contributed by atoms with Crippen LogP contribution >= 0.6 is 0 Å². The first-order chi connectivity index (χ1) is 8.26. The molecule has 0 aromatic carbocycles. The molecule has 3 nitrogen and oxygen atoms in total. The fourth-order valence-corrected chi connectivity index (χ4v) is 2.53. The van der Waals surface area contributed by atoms with Crippen LogP contribution in [0, 0.1) is 5.92 Å². The minimum Gasteiger partial charge on any atom is -0.356 e. The summed E-state index contributed by atoms with van der Waals surface area (Å²) in [5.74, 6) is 2.01. The zero-order valence-electron chi connectivity index (χ0n) is 11.1. The van der Waals surface area contributed by atoms with Gasteiger partial charge in [0.05, 0.1) is 0 Å². The van der Waals surface area contributed by atoms with E-state index in [2.05, 4.69) is 35.1 Å². The van der Waals surface area contributed by atoms with E-state index in [1.807, 2.05) is 19.3 Å². The number of hydrogen-bond donors (Lipinski definition) is 1. The van der Waals surface area contributed by atoms with Crippen molar-refractivity contribution in [1.29, 1.82) is 0 Å². The van der Waals surface area contributed by atoms with Gasteiger partial charge in [-0.15, -0.1) is 0 Å². The van der Waals surface area contributed by atoms with Gasteiger partial charge in [-0.3, -0.25) is 0 Å². The average Bonchev–Trinajstić information content (AvgIpc) is 2.86. The largest absolute Gasteiger partial charge is 0.356 e. The van der Waals surface area contributed by atoms with Crippen molar-refractivity contribution in [2.45, 2.75) is 32.7 Å². The van der Waals surface area contributed by atoms with Crippen molar-refractivity contribution >= 4 is 5.82 Å². The van der Waals surface area contributed by atoms with Crippen LogP contribution in [0.3, 0.4) is 0 Å². The van der Waals surface area contributed by atoms with Gasteiger partial charge in [-0.2, -0.15) is 0 Å². The van der Waals surface area contributed by atoms with Gasteiger partial charge in [-0.05, 0) is 32.4 Å². The highest BCUT2D eigenvalue weighted by molar-refractivity contribution is 5.49. The van der Waals surface area contributed by atoms with E-state index >= 15 is 0 Å². The Morgan fingerprint density at radius 3 is 3.06 bits per heavy atom. The minimum atomic E-state index is 0.361. The van der Waals surface area contributed by atoms with Crippen LogP contribution < -0.4 is 10.2 Å². The first-order valence-electron chi connectivity index (χ1n) is 6.63. The van der Waals surface area contributed by atoms with Crippen LogP contribution in [-0.2, 0) is 0 Å². The fourth-order valence-electron chi connectivity index (χ4n) is 2.53. The molecule has 1 aliphatic heterocycles. The Morgan fingerprint density at radius 1 is 1.59 bits per heavy atom. The SMILES string of the molecule is CCC1CCN(c2ncccc2C(C)NC)C1. The average molecular weight is 233 g/mol. The summed E-state index contributed by atoms with van der Waals surface area (Å²) >= 11 is 0. The Morgan fingerprint density at radius 2 is 2.41 bits per heavy atom. The van der Waals surface area contributed by atoms with Crippen molar-refractivity contribution in [2.24, 2.45) is 5.92 Å². The van der Waals surface area contributed by atoms with Crippen molar-refractivity contribution in [3.8, 4) is 0 Å². The number of pyridine rings is 1. The maximum absolute atomic E-state index is 4.58. The van der Waals surface area contributed by atoms with Crippen LogP contribution in [0.25, 0.3) is 0 Å². The molecule has 0 bridgehead atoms. The van der Waals surface area contributed by atoms with Crippen molar-refractivity contribution in [1.82, 2.24) is 10.3 Å². The van der Waals surface area contributed by atoms with E-state index in [1.54, 1.807) is 0 Å². The molecular formula is C14H23N3. The highest BCUT2D eigenvalue weighted by atomic mass is 15.2. The summed E-state index contributed by atoms with van der Waals surface area (Å²) in [4.78, 5) is 7.03. The molecule has 0 aliphatic carbocycles. The zero-order valence-corrected chi connectivity index (χ0v) is 11.1.